The second-order valence-corrected chi connectivity index (χ2v) is 3.27. The molecule has 0 spiro atoms. The van der Waals surface area contributed by atoms with E-state index in [-0.39, 0.29) is 16.5 Å². The molecule has 2 aromatic heterocycles. The number of halogens is 1. The molecule has 0 amide bonds. The second-order valence-electron chi connectivity index (χ2n) is 2.91. The number of nitrogen functional groups attached to an aromatic ring is 1. The van der Waals surface area contributed by atoms with Crippen LogP contribution in [0.2, 0.25) is 5.15 Å². The third-order valence-electron chi connectivity index (χ3n) is 1.88. The molecule has 0 aliphatic heterocycles. The monoisotopic (exact) mass is 210 g/mol. The Kier molecular flexibility index (Phi) is 1.89. The number of nitrogens with two attached hydrogens (primary N) is 1. The maximum absolute atomic E-state index is 11.4. The fourth-order valence-corrected chi connectivity index (χ4v) is 1.62. The van der Waals surface area contributed by atoms with Crippen molar-refractivity contribution in [3.63, 3.8) is 0 Å². The van der Waals surface area contributed by atoms with Gasteiger partial charge < -0.3 is 5.73 Å². The van der Waals surface area contributed by atoms with Crippen LogP contribution < -0.4 is 11.3 Å². The molecule has 0 unspecified atom stereocenters. The first-order chi connectivity index (χ1) is 6.59. The SMILES string of the molecule is Cc1cc2c(=O)[nH]nc(N)c2c(Cl)n1. The van der Waals surface area contributed by atoms with E-state index >= 15 is 0 Å². The van der Waals surface area contributed by atoms with Crippen molar-refractivity contribution in [1.82, 2.24) is 15.2 Å². The van der Waals surface area contributed by atoms with Crippen LogP contribution in [0.25, 0.3) is 10.8 Å². The Labute approximate surface area is 83.9 Å². The highest BCUT2D eigenvalue weighted by molar-refractivity contribution is 6.35. The number of aromatic nitrogens is 3. The number of aromatic amines is 1. The van der Waals surface area contributed by atoms with Crippen LogP contribution in [0.3, 0.4) is 0 Å². The summed E-state index contributed by atoms with van der Waals surface area (Å²) in [7, 11) is 0. The zero-order valence-electron chi connectivity index (χ0n) is 7.34. The molecule has 6 heteroatoms. The topological polar surface area (TPSA) is 84.7 Å². The first-order valence-electron chi connectivity index (χ1n) is 3.90. The van der Waals surface area contributed by atoms with E-state index in [1.165, 1.54) is 0 Å². The van der Waals surface area contributed by atoms with Crippen molar-refractivity contribution >= 4 is 28.2 Å². The van der Waals surface area contributed by atoms with Crippen molar-refractivity contribution in [2.45, 2.75) is 6.92 Å². The van der Waals surface area contributed by atoms with Crippen LogP contribution in [-0.4, -0.2) is 15.2 Å². The molecular formula is C8H7ClN4O. The Morgan fingerprint density at radius 3 is 3.00 bits per heavy atom. The van der Waals surface area contributed by atoms with E-state index in [2.05, 4.69) is 15.2 Å². The van der Waals surface area contributed by atoms with E-state index in [4.69, 9.17) is 17.3 Å². The summed E-state index contributed by atoms with van der Waals surface area (Å²) in [5.74, 6) is 0.178. The largest absolute Gasteiger partial charge is 0.382 e. The lowest BCUT2D eigenvalue weighted by Crippen LogP contribution is -2.11. The van der Waals surface area contributed by atoms with Crippen LogP contribution in [0.1, 0.15) is 5.69 Å². The lowest BCUT2D eigenvalue weighted by Gasteiger charge is -2.02. The molecule has 0 radical (unpaired) electrons. The molecule has 5 nitrogen and oxygen atoms in total. The number of nitrogens with zero attached hydrogens (tertiary/aromatic N) is 2. The predicted octanol–water partition coefficient (Wildman–Crippen LogP) is 0.862. The summed E-state index contributed by atoms with van der Waals surface area (Å²) >= 11 is 5.86. The second kappa shape index (κ2) is 2.95. The Bertz CT molecular complexity index is 563. The van der Waals surface area contributed by atoms with Crippen LogP contribution in [0.15, 0.2) is 10.9 Å². The summed E-state index contributed by atoms with van der Waals surface area (Å²) in [5, 5.41) is 6.91. The zero-order valence-corrected chi connectivity index (χ0v) is 8.09. The van der Waals surface area contributed by atoms with Crippen LogP contribution >= 0.6 is 11.6 Å². The van der Waals surface area contributed by atoms with Gasteiger partial charge in [0.15, 0.2) is 5.82 Å². The summed E-state index contributed by atoms with van der Waals surface area (Å²) < 4.78 is 0. The van der Waals surface area contributed by atoms with Gasteiger partial charge in [-0.1, -0.05) is 11.6 Å². The van der Waals surface area contributed by atoms with Crippen molar-refractivity contribution in [3.8, 4) is 0 Å². The molecule has 2 aromatic rings. The molecule has 72 valence electrons. The molecule has 0 saturated heterocycles. The number of hydrogen-bond donors (Lipinski definition) is 2. The van der Waals surface area contributed by atoms with Crippen molar-refractivity contribution in [2.75, 3.05) is 5.73 Å². The van der Waals surface area contributed by atoms with Crippen LogP contribution in [0, 0.1) is 6.92 Å². The highest BCUT2D eigenvalue weighted by Crippen LogP contribution is 2.23. The molecule has 0 aromatic carbocycles. The molecule has 0 aliphatic rings. The predicted molar refractivity (Wildman–Crippen MR) is 54.3 cm³/mol. The van der Waals surface area contributed by atoms with E-state index in [1.54, 1.807) is 13.0 Å². The zero-order chi connectivity index (χ0) is 10.3. The van der Waals surface area contributed by atoms with Crippen LogP contribution in [0.4, 0.5) is 5.82 Å². The maximum Gasteiger partial charge on any atom is 0.272 e. The number of pyridine rings is 1. The lowest BCUT2D eigenvalue weighted by atomic mass is 10.2. The normalized spacial score (nSPS) is 10.7. The van der Waals surface area contributed by atoms with Gasteiger partial charge in [-0.15, -0.1) is 0 Å². The summed E-state index contributed by atoms with van der Waals surface area (Å²) in [6.07, 6.45) is 0. The number of anilines is 1. The van der Waals surface area contributed by atoms with Gasteiger partial charge in [0, 0.05) is 5.69 Å². The Morgan fingerprint density at radius 1 is 1.57 bits per heavy atom. The summed E-state index contributed by atoms with van der Waals surface area (Å²) in [6, 6.07) is 1.62. The highest BCUT2D eigenvalue weighted by atomic mass is 35.5. The summed E-state index contributed by atoms with van der Waals surface area (Å²) in [4.78, 5) is 15.4. The number of rotatable bonds is 0. The number of hydrogen-bond acceptors (Lipinski definition) is 4. The van der Waals surface area contributed by atoms with Gasteiger partial charge in [0.25, 0.3) is 5.56 Å². The number of H-pyrrole nitrogens is 1. The smallest absolute Gasteiger partial charge is 0.272 e. The van der Waals surface area contributed by atoms with Gasteiger partial charge in [-0.05, 0) is 13.0 Å². The first-order valence-corrected chi connectivity index (χ1v) is 4.28. The molecule has 0 atom stereocenters. The van der Waals surface area contributed by atoms with Gasteiger partial charge in [0.2, 0.25) is 0 Å². The molecule has 2 heterocycles. The quantitative estimate of drug-likeness (QED) is 0.632. The van der Waals surface area contributed by atoms with Crippen molar-refractivity contribution in [2.24, 2.45) is 0 Å². The molecule has 0 saturated carbocycles. The molecule has 2 rings (SSSR count). The first kappa shape index (κ1) is 8.96. The van der Waals surface area contributed by atoms with Crippen molar-refractivity contribution < 1.29 is 0 Å². The van der Waals surface area contributed by atoms with Crippen LogP contribution in [0.5, 0.6) is 0 Å². The van der Waals surface area contributed by atoms with E-state index in [0.29, 0.717) is 16.5 Å². The van der Waals surface area contributed by atoms with Gasteiger partial charge in [-0.3, -0.25) is 4.79 Å². The van der Waals surface area contributed by atoms with Crippen molar-refractivity contribution in [1.29, 1.82) is 0 Å². The van der Waals surface area contributed by atoms with Gasteiger partial charge in [0.05, 0.1) is 10.8 Å². The fraction of sp³-hybridized carbons (Fsp3) is 0.125. The van der Waals surface area contributed by atoms with Gasteiger partial charge in [-0.2, -0.15) is 5.10 Å². The Hall–Kier alpha value is -1.62. The van der Waals surface area contributed by atoms with Gasteiger partial charge in [0.1, 0.15) is 5.15 Å². The fourth-order valence-electron chi connectivity index (χ4n) is 1.29. The molecule has 0 fully saturated rings. The standard InChI is InChI=1S/C8H7ClN4O/c1-3-2-4-5(6(9)11-3)7(10)12-13-8(4)14/h2H,1H3,(H2,10,12)(H,13,14). The molecule has 0 aliphatic carbocycles. The number of aryl methyl sites for hydroxylation is 1. The van der Waals surface area contributed by atoms with E-state index in [1.807, 2.05) is 0 Å². The summed E-state index contributed by atoms with van der Waals surface area (Å²) in [6.45, 7) is 1.75. The van der Waals surface area contributed by atoms with Gasteiger partial charge >= 0.3 is 0 Å². The number of nitrogens with one attached hydrogen (secondary N) is 1. The maximum atomic E-state index is 11.4. The minimum absolute atomic E-state index is 0.178. The minimum Gasteiger partial charge on any atom is -0.382 e. The van der Waals surface area contributed by atoms with E-state index < -0.39 is 0 Å². The number of fused-ring (bicyclic) bond motifs is 1. The van der Waals surface area contributed by atoms with E-state index in [0.717, 1.165) is 0 Å². The third kappa shape index (κ3) is 1.22. The minimum atomic E-state index is -0.318. The third-order valence-corrected chi connectivity index (χ3v) is 2.16. The van der Waals surface area contributed by atoms with Crippen molar-refractivity contribution in [3.05, 3.63) is 27.3 Å². The average molecular weight is 211 g/mol. The highest BCUT2D eigenvalue weighted by Gasteiger charge is 2.09. The lowest BCUT2D eigenvalue weighted by molar-refractivity contribution is 1.02. The van der Waals surface area contributed by atoms with Gasteiger partial charge in [-0.25, -0.2) is 10.1 Å². The average Bonchev–Trinajstić information content (AvgIpc) is 2.10. The molecule has 14 heavy (non-hydrogen) atoms. The Morgan fingerprint density at radius 2 is 2.29 bits per heavy atom. The molecular weight excluding hydrogens is 204 g/mol. The summed E-state index contributed by atoms with van der Waals surface area (Å²) in [5.41, 5.74) is 5.92. The molecule has 3 N–H and O–H groups in total. The molecule has 0 bridgehead atoms. The Balaban J connectivity index is 3.08. The van der Waals surface area contributed by atoms with E-state index in [9.17, 15) is 4.79 Å². The van der Waals surface area contributed by atoms with Crippen LogP contribution in [-0.2, 0) is 0 Å².